The zero-order chi connectivity index (χ0) is 28.8. The van der Waals surface area contributed by atoms with Crippen LogP contribution in [0, 0.1) is 31.9 Å². The monoisotopic (exact) mass is 582 g/mol. The Labute approximate surface area is 232 Å². The predicted octanol–water partition coefficient (Wildman–Crippen LogP) is 7.09. The topological polar surface area (TPSA) is 144 Å². The molecule has 0 bridgehead atoms. The average molecular weight is 583 g/mol. The van der Waals surface area contributed by atoms with Crippen molar-refractivity contribution < 1.29 is 28.2 Å². The van der Waals surface area contributed by atoms with E-state index in [-0.39, 0.29) is 33.9 Å². The van der Waals surface area contributed by atoms with Gasteiger partial charge in [0.15, 0.2) is 0 Å². The number of nitro benzene ring substituents is 2. The Hall–Kier alpha value is -4.82. The van der Waals surface area contributed by atoms with Crippen molar-refractivity contribution in [3.8, 4) is 0 Å². The van der Waals surface area contributed by atoms with E-state index in [2.05, 4.69) is 10.6 Å². The van der Waals surface area contributed by atoms with Gasteiger partial charge in [-0.15, -0.1) is 0 Å². The highest BCUT2D eigenvalue weighted by molar-refractivity contribution is 8.76. The highest BCUT2D eigenvalue weighted by atomic mass is 33.1. The Kier molecular flexibility index (Phi) is 8.71. The number of hydrogen-bond acceptors (Lipinski definition) is 8. The van der Waals surface area contributed by atoms with E-state index in [4.69, 9.17) is 0 Å². The molecule has 0 saturated carbocycles. The minimum absolute atomic E-state index is 0.119. The third-order valence-electron chi connectivity index (χ3n) is 5.28. The van der Waals surface area contributed by atoms with Gasteiger partial charge < -0.3 is 10.6 Å². The number of anilines is 2. The summed E-state index contributed by atoms with van der Waals surface area (Å²) in [6.45, 7) is 0. The molecule has 14 heteroatoms. The van der Waals surface area contributed by atoms with Gasteiger partial charge in [0.1, 0.15) is 11.6 Å². The summed E-state index contributed by atoms with van der Waals surface area (Å²) >= 11 is 0. The second-order valence-corrected chi connectivity index (χ2v) is 10.2. The van der Waals surface area contributed by atoms with E-state index in [1.165, 1.54) is 72.8 Å². The lowest BCUT2D eigenvalue weighted by atomic mass is 10.2. The zero-order valence-corrected chi connectivity index (χ0v) is 21.6. The first kappa shape index (κ1) is 28.2. The molecule has 0 aliphatic heterocycles. The van der Waals surface area contributed by atoms with Crippen molar-refractivity contribution >= 4 is 56.2 Å². The van der Waals surface area contributed by atoms with Gasteiger partial charge in [-0.1, -0.05) is 21.6 Å². The quantitative estimate of drug-likeness (QED) is 0.121. The first-order valence-corrected chi connectivity index (χ1v) is 13.3. The third kappa shape index (κ3) is 6.98. The van der Waals surface area contributed by atoms with E-state index >= 15 is 0 Å². The SMILES string of the molecule is O=C(Nc1cc(F)ccc1SSc1ccc(F)cc1NC(=O)c1ccc([N+](=O)[O-])cc1)c1ccc([N+](=O)[O-])cc1. The van der Waals surface area contributed by atoms with Crippen LogP contribution in [0.25, 0.3) is 0 Å². The summed E-state index contributed by atoms with van der Waals surface area (Å²) in [5.74, 6) is -2.48. The second kappa shape index (κ2) is 12.4. The lowest BCUT2D eigenvalue weighted by molar-refractivity contribution is -0.385. The van der Waals surface area contributed by atoms with Crippen molar-refractivity contribution in [3.05, 3.63) is 128 Å². The summed E-state index contributed by atoms with van der Waals surface area (Å²) in [7, 11) is 2.20. The van der Waals surface area contributed by atoms with Crippen LogP contribution in [0.4, 0.5) is 31.5 Å². The number of nitro groups is 2. The van der Waals surface area contributed by atoms with Crippen LogP contribution in [0.1, 0.15) is 20.7 Å². The minimum atomic E-state index is -0.620. The molecule has 0 aliphatic carbocycles. The maximum absolute atomic E-state index is 14.0. The van der Waals surface area contributed by atoms with Crippen LogP contribution in [0.2, 0.25) is 0 Å². The standard InChI is InChI=1S/C26H16F2N4O6S2/c27-17-5-11-23(21(13-17)29-25(33)15-1-7-19(8-2-15)31(35)36)39-40-24-12-6-18(28)14-22(24)30-26(34)16-3-9-20(10-4-16)32(37)38/h1-14H,(H,29,33)(H,30,34). The number of carbonyl (C=O) groups is 2. The van der Waals surface area contributed by atoms with Crippen molar-refractivity contribution in [3.63, 3.8) is 0 Å². The van der Waals surface area contributed by atoms with Gasteiger partial charge in [0, 0.05) is 45.2 Å². The van der Waals surface area contributed by atoms with Crippen LogP contribution in [0.3, 0.4) is 0 Å². The molecule has 202 valence electrons. The Morgan fingerprint density at radius 3 is 1.27 bits per heavy atom. The number of halogens is 2. The van der Waals surface area contributed by atoms with Crippen LogP contribution in [0.15, 0.2) is 94.7 Å². The van der Waals surface area contributed by atoms with Crippen molar-refractivity contribution in [2.45, 2.75) is 9.79 Å². The van der Waals surface area contributed by atoms with Gasteiger partial charge in [-0.05, 0) is 60.7 Å². The van der Waals surface area contributed by atoms with Gasteiger partial charge in [-0.25, -0.2) is 8.78 Å². The van der Waals surface area contributed by atoms with Crippen LogP contribution in [0.5, 0.6) is 0 Å². The van der Waals surface area contributed by atoms with E-state index in [0.29, 0.717) is 9.79 Å². The molecule has 0 heterocycles. The van der Waals surface area contributed by atoms with Crippen molar-refractivity contribution in [2.24, 2.45) is 0 Å². The van der Waals surface area contributed by atoms with Crippen LogP contribution in [-0.2, 0) is 0 Å². The number of benzene rings is 4. The van der Waals surface area contributed by atoms with Crippen LogP contribution >= 0.6 is 21.6 Å². The van der Waals surface area contributed by atoms with Crippen LogP contribution < -0.4 is 10.6 Å². The second-order valence-electron chi connectivity index (χ2n) is 7.96. The number of amides is 2. The first-order chi connectivity index (χ1) is 19.1. The highest BCUT2D eigenvalue weighted by Crippen LogP contribution is 2.44. The number of rotatable bonds is 9. The molecule has 10 nitrogen and oxygen atoms in total. The molecular weight excluding hydrogens is 566 g/mol. The van der Waals surface area contributed by atoms with E-state index < -0.39 is 33.3 Å². The Morgan fingerprint density at radius 2 is 0.950 bits per heavy atom. The smallest absolute Gasteiger partial charge is 0.269 e. The molecule has 0 spiro atoms. The average Bonchev–Trinajstić information content (AvgIpc) is 2.93. The van der Waals surface area contributed by atoms with E-state index in [1.54, 1.807) is 0 Å². The normalized spacial score (nSPS) is 10.6. The van der Waals surface area contributed by atoms with Gasteiger partial charge in [0.25, 0.3) is 23.2 Å². The number of hydrogen-bond donors (Lipinski definition) is 2. The number of carbonyl (C=O) groups excluding carboxylic acids is 2. The maximum atomic E-state index is 14.0. The van der Waals surface area contributed by atoms with Crippen LogP contribution in [-0.4, -0.2) is 21.7 Å². The van der Waals surface area contributed by atoms with Crippen molar-refractivity contribution in [1.82, 2.24) is 0 Å². The highest BCUT2D eigenvalue weighted by Gasteiger charge is 2.16. The number of non-ortho nitro benzene ring substituents is 2. The molecule has 0 unspecified atom stereocenters. The van der Waals surface area contributed by atoms with Crippen molar-refractivity contribution in [2.75, 3.05) is 10.6 Å². The summed E-state index contributed by atoms with van der Waals surface area (Å²) in [4.78, 5) is 46.7. The number of nitrogens with zero attached hydrogens (tertiary/aromatic N) is 2. The van der Waals surface area contributed by atoms with E-state index in [0.717, 1.165) is 33.7 Å². The Bertz CT molecular complexity index is 1500. The molecule has 40 heavy (non-hydrogen) atoms. The third-order valence-corrected chi connectivity index (χ3v) is 7.76. The molecular formula is C26H16F2N4O6S2. The molecule has 0 atom stereocenters. The summed E-state index contributed by atoms with van der Waals surface area (Å²) in [5.41, 5.74) is 0.108. The fourth-order valence-electron chi connectivity index (χ4n) is 3.29. The van der Waals surface area contributed by atoms with Gasteiger partial charge in [-0.2, -0.15) is 0 Å². The van der Waals surface area contributed by atoms with Gasteiger partial charge >= 0.3 is 0 Å². The lowest BCUT2D eigenvalue weighted by Gasteiger charge is -2.13. The largest absolute Gasteiger partial charge is 0.321 e. The fourth-order valence-corrected chi connectivity index (χ4v) is 5.53. The first-order valence-electron chi connectivity index (χ1n) is 11.2. The van der Waals surface area contributed by atoms with Crippen molar-refractivity contribution in [1.29, 1.82) is 0 Å². The zero-order valence-electron chi connectivity index (χ0n) is 20.0. The van der Waals surface area contributed by atoms with Gasteiger partial charge in [0.05, 0.1) is 21.2 Å². The summed E-state index contributed by atoms with van der Waals surface area (Å²) in [6, 6.07) is 17.2. The summed E-state index contributed by atoms with van der Waals surface area (Å²) in [5, 5.41) is 26.9. The molecule has 0 aromatic heterocycles. The Balaban J connectivity index is 1.50. The molecule has 2 N–H and O–H groups in total. The Morgan fingerprint density at radius 1 is 0.600 bits per heavy atom. The van der Waals surface area contributed by atoms with Gasteiger partial charge in [-0.3, -0.25) is 29.8 Å². The van der Waals surface area contributed by atoms with E-state index in [1.807, 2.05) is 0 Å². The predicted molar refractivity (Wildman–Crippen MR) is 147 cm³/mol. The fraction of sp³-hybridized carbons (Fsp3) is 0. The van der Waals surface area contributed by atoms with Gasteiger partial charge in [0.2, 0.25) is 0 Å². The molecule has 4 rings (SSSR count). The maximum Gasteiger partial charge on any atom is 0.269 e. The summed E-state index contributed by atoms with van der Waals surface area (Å²) in [6.07, 6.45) is 0. The molecule has 0 fully saturated rings. The van der Waals surface area contributed by atoms with E-state index in [9.17, 15) is 38.6 Å². The molecule has 0 aliphatic rings. The number of nitrogens with one attached hydrogen (secondary N) is 2. The lowest BCUT2D eigenvalue weighted by Crippen LogP contribution is -2.13. The molecule has 4 aromatic rings. The molecule has 0 radical (unpaired) electrons. The summed E-state index contributed by atoms with van der Waals surface area (Å²) < 4.78 is 28.0. The molecule has 2 amide bonds. The minimum Gasteiger partial charge on any atom is -0.321 e. The molecule has 4 aromatic carbocycles. The molecule has 0 saturated heterocycles.